The van der Waals surface area contributed by atoms with Gasteiger partial charge in [0.2, 0.25) is 5.91 Å². The van der Waals surface area contributed by atoms with Gasteiger partial charge in [0, 0.05) is 23.8 Å². The summed E-state index contributed by atoms with van der Waals surface area (Å²) in [6.07, 6.45) is 0.834. The van der Waals surface area contributed by atoms with E-state index < -0.39 is 11.9 Å². The number of rotatable bonds is 10. The number of aromatic amines is 1. The Morgan fingerprint density at radius 1 is 1.17 bits per heavy atom. The average Bonchev–Trinajstić information content (AvgIpc) is 3.19. The number of nitrogens with one attached hydrogen (secondary N) is 3. The van der Waals surface area contributed by atoms with E-state index in [2.05, 4.69) is 20.6 Å². The molecule has 1 heterocycles. The normalized spacial score (nSPS) is 11.5. The molecule has 0 radical (unpaired) electrons. The van der Waals surface area contributed by atoms with E-state index in [0.29, 0.717) is 30.1 Å². The molecule has 2 amide bonds. The number of aromatic nitrogens is 1. The van der Waals surface area contributed by atoms with Crippen LogP contribution >= 0.6 is 11.6 Å². The minimum atomic E-state index is -0.787. The molecule has 0 spiro atoms. The molecule has 0 fully saturated rings. The average molecular weight is 421 g/mol. The van der Waals surface area contributed by atoms with Crippen molar-refractivity contribution in [3.8, 4) is 11.3 Å². The summed E-state index contributed by atoms with van der Waals surface area (Å²) < 4.78 is 0. The summed E-state index contributed by atoms with van der Waals surface area (Å²) in [5, 5.41) is 14.8. The molecule has 1 aromatic heterocycles. The van der Waals surface area contributed by atoms with Gasteiger partial charge in [0.25, 0.3) is 5.91 Å². The number of carbonyl (C=O) groups excluding carboxylic acids is 2. The lowest BCUT2D eigenvalue weighted by Crippen LogP contribution is -2.47. The van der Waals surface area contributed by atoms with Crippen molar-refractivity contribution >= 4 is 29.4 Å². The van der Waals surface area contributed by atoms with E-state index in [1.165, 1.54) is 0 Å². The molecule has 156 valence electrons. The lowest BCUT2D eigenvalue weighted by Gasteiger charge is -2.17. The van der Waals surface area contributed by atoms with Crippen LogP contribution in [0.2, 0.25) is 5.02 Å². The molecular formula is C19H25ClN6O3. The van der Waals surface area contributed by atoms with Gasteiger partial charge in [-0.05, 0) is 42.7 Å². The highest BCUT2D eigenvalue weighted by Crippen LogP contribution is 2.21. The fourth-order valence-electron chi connectivity index (χ4n) is 2.64. The number of amides is 2. The lowest BCUT2D eigenvalue weighted by molar-refractivity contribution is -0.123. The number of halogens is 1. The third-order valence-corrected chi connectivity index (χ3v) is 4.32. The van der Waals surface area contributed by atoms with Crippen LogP contribution in [0, 0.1) is 0 Å². The first-order chi connectivity index (χ1) is 13.9. The second-order valence-electron chi connectivity index (χ2n) is 6.28. The summed E-state index contributed by atoms with van der Waals surface area (Å²) >= 11 is 5.90. The van der Waals surface area contributed by atoms with Gasteiger partial charge >= 0.3 is 0 Å². The Hall–Kier alpha value is -3.04. The van der Waals surface area contributed by atoms with Crippen LogP contribution in [-0.2, 0) is 4.79 Å². The van der Waals surface area contributed by atoms with E-state index in [4.69, 9.17) is 28.2 Å². The first kappa shape index (κ1) is 22.3. The minimum absolute atomic E-state index is 0.0311. The van der Waals surface area contributed by atoms with Crippen LogP contribution in [0.1, 0.15) is 23.3 Å². The van der Waals surface area contributed by atoms with Crippen molar-refractivity contribution in [2.45, 2.75) is 18.9 Å². The van der Waals surface area contributed by atoms with E-state index in [-0.39, 0.29) is 25.0 Å². The van der Waals surface area contributed by atoms with Crippen molar-refractivity contribution in [2.24, 2.45) is 16.5 Å². The summed E-state index contributed by atoms with van der Waals surface area (Å²) in [6, 6.07) is 9.82. The molecule has 8 N–H and O–H groups in total. The number of H-pyrrole nitrogens is 1. The van der Waals surface area contributed by atoms with Crippen LogP contribution in [0.4, 0.5) is 0 Å². The van der Waals surface area contributed by atoms with Crippen LogP contribution in [0.3, 0.4) is 0 Å². The first-order valence-electron chi connectivity index (χ1n) is 9.10. The molecular weight excluding hydrogens is 396 g/mol. The Kier molecular flexibility index (Phi) is 8.50. The zero-order chi connectivity index (χ0) is 21.2. The Morgan fingerprint density at radius 2 is 1.90 bits per heavy atom. The van der Waals surface area contributed by atoms with Gasteiger partial charge in [-0.1, -0.05) is 23.7 Å². The fraction of sp³-hybridized carbons (Fsp3) is 0.316. The predicted octanol–water partition coefficient (Wildman–Crippen LogP) is 0.596. The molecule has 0 bridgehead atoms. The SMILES string of the molecule is NC(N)=NCCCC(NC(=O)c1ccc(-c2ccc(Cl)cc2)[nH]1)C(=O)NCCO. The summed E-state index contributed by atoms with van der Waals surface area (Å²) in [6.45, 7) is 0.245. The Morgan fingerprint density at radius 3 is 2.55 bits per heavy atom. The highest BCUT2D eigenvalue weighted by Gasteiger charge is 2.21. The van der Waals surface area contributed by atoms with Crippen molar-refractivity contribution in [3.63, 3.8) is 0 Å². The smallest absolute Gasteiger partial charge is 0.268 e. The molecule has 0 aliphatic rings. The molecule has 9 nitrogen and oxygen atoms in total. The van der Waals surface area contributed by atoms with Crippen molar-refractivity contribution in [3.05, 3.63) is 47.1 Å². The van der Waals surface area contributed by atoms with E-state index in [1.807, 2.05) is 12.1 Å². The Balaban J connectivity index is 2.04. The van der Waals surface area contributed by atoms with E-state index in [9.17, 15) is 9.59 Å². The number of carbonyl (C=O) groups is 2. The summed E-state index contributed by atoms with van der Waals surface area (Å²) in [5.74, 6) is -0.839. The molecule has 29 heavy (non-hydrogen) atoms. The molecule has 0 saturated carbocycles. The van der Waals surface area contributed by atoms with Crippen molar-refractivity contribution < 1.29 is 14.7 Å². The zero-order valence-corrected chi connectivity index (χ0v) is 16.6. The number of hydrogen-bond acceptors (Lipinski definition) is 4. The Labute approximate surface area is 173 Å². The van der Waals surface area contributed by atoms with Crippen LogP contribution in [0.25, 0.3) is 11.3 Å². The predicted molar refractivity (Wildman–Crippen MR) is 112 cm³/mol. The third-order valence-electron chi connectivity index (χ3n) is 4.06. The summed E-state index contributed by atoms with van der Waals surface area (Å²) in [4.78, 5) is 31.8. The van der Waals surface area contributed by atoms with Crippen LogP contribution < -0.4 is 22.1 Å². The summed E-state index contributed by atoms with van der Waals surface area (Å²) in [7, 11) is 0. The van der Waals surface area contributed by atoms with Gasteiger partial charge in [0.05, 0.1) is 6.61 Å². The molecule has 2 aromatic rings. The van der Waals surface area contributed by atoms with Crippen molar-refractivity contribution in [1.82, 2.24) is 15.6 Å². The van der Waals surface area contributed by atoms with Gasteiger partial charge in [-0.25, -0.2) is 0 Å². The van der Waals surface area contributed by atoms with Gasteiger partial charge in [-0.2, -0.15) is 0 Å². The van der Waals surface area contributed by atoms with Gasteiger partial charge in [-0.15, -0.1) is 0 Å². The summed E-state index contributed by atoms with van der Waals surface area (Å²) in [5.41, 5.74) is 12.5. The molecule has 1 atom stereocenters. The molecule has 10 heteroatoms. The maximum absolute atomic E-state index is 12.6. The number of nitrogens with zero attached hydrogens (tertiary/aromatic N) is 1. The standard InChI is InChI=1S/C19H25ClN6O3/c20-13-5-3-12(4-6-13)14-7-8-16(25-14)18(29)26-15(17(28)23-10-11-27)2-1-9-24-19(21)22/h3-8,15,25,27H,1-2,9-11H2,(H,23,28)(H,26,29)(H4,21,22,24). The van der Waals surface area contributed by atoms with Crippen molar-refractivity contribution in [2.75, 3.05) is 19.7 Å². The number of nitrogens with two attached hydrogens (primary N) is 2. The number of aliphatic imine (C=N–C) groups is 1. The molecule has 0 saturated heterocycles. The third kappa shape index (κ3) is 7.13. The largest absolute Gasteiger partial charge is 0.395 e. The van der Waals surface area contributed by atoms with Crippen molar-refractivity contribution in [1.29, 1.82) is 0 Å². The maximum Gasteiger partial charge on any atom is 0.268 e. The minimum Gasteiger partial charge on any atom is -0.395 e. The van der Waals surface area contributed by atoms with Gasteiger partial charge in [-0.3, -0.25) is 14.6 Å². The topological polar surface area (TPSA) is 159 Å². The van der Waals surface area contributed by atoms with Gasteiger partial charge in [0.1, 0.15) is 11.7 Å². The monoisotopic (exact) mass is 420 g/mol. The van der Waals surface area contributed by atoms with E-state index >= 15 is 0 Å². The van der Waals surface area contributed by atoms with Crippen LogP contribution in [0.5, 0.6) is 0 Å². The van der Waals surface area contributed by atoms with Crippen LogP contribution in [0.15, 0.2) is 41.4 Å². The Bertz CT molecular complexity index is 846. The van der Waals surface area contributed by atoms with E-state index in [1.54, 1.807) is 24.3 Å². The second kappa shape index (κ2) is 11.1. The zero-order valence-electron chi connectivity index (χ0n) is 15.8. The first-order valence-corrected chi connectivity index (χ1v) is 9.48. The molecule has 0 aliphatic heterocycles. The molecule has 1 unspecified atom stereocenters. The highest BCUT2D eigenvalue weighted by atomic mass is 35.5. The lowest BCUT2D eigenvalue weighted by atomic mass is 10.1. The number of aliphatic hydroxyl groups is 1. The van der Waals surface area contributed by atoms with E-state index in [0.717, 1.165) is 11.3 Å². The maximum atomic E-state index is 12.6. The fourth-order valence-corrected chi connectivity index (χ4v) is 2.76. The quantitative estimate of drug-likeness (QED) is 0.188. The van der Waals surface area contributed by atoms with Gasteiger partial charge < -0.3 is 32.2 Å². The van der Waals surface area contributed by atoms with Gasteiger partial charge in [0.15, 0.2) is 5.96 Å². The number of benzene rings is 1. The molecule has 2 rings (SSSR count). The van der Waals surface area contributed by atoms with Crippen LogP contribution in [-0.4, -0.2) is 53.6 Å². The molecule has 0 aliphatic carbocycles. The number of hydrogen-bond donors (Lipinski definition) is 6. The second-order valence-corrected chi connectivity index (χ2v) is 6.72. The number of aliphatic hydroxyl groups excluding tert-OH is 1. The molecule has 1 aromatic carbocycles. The highest BCUT2D eigenvalue weighted by molar-refractivity contribution is 6.30. The number of guanidine groups is 1.